The van der Waals surface area contributed by atoms with E-state index in [2.05, 4.69) is 30.0 Å². The summed E-state index contributed by atoms with van der Waals surface area (Å²) < 4.78 is 0. The maximum Gasteiger partial charge on any atom is 0.226 e. The fourth-order valence-corrected chi connectivity index (χ4v) is 4.24. The van der Waals surface area contributed by atoms with Gasteiger partial charge in [-0.05, 0) is 18.1 Å². The predicted octanol–water partition coefficient (Wildman–Crippen LogP) is 3.96. The largest absolute Gasteiger partial charge is 0.338 e. The molecule has 1 saturated heterocycles. The molecule has 1 amide bonds. The molecule has 0 aromatic heterocycles. The van der Waals surface area contributed by atoms with Crippen LogP contribution in [0.1, 0.15) is 43.7 Å². The monoisotopic (exact) mass is 399 g/mol. The number of amides is 1. The zero-order valence-corrected chi connectivity index (χ0v) is 17.6. The van der Waals surface area contributed by atoms with Gasteiger partial charge >= 0.3 is 0 Å². The first-order valence-electron chi connectivity index (χ1n) is 10.6. The smallest absolute Gasteiger partial charge is 0.226 e. The van der Waals surface area contributed by atoms with Crippen molar-refractivity contribution in [2.75, 3.05) is 19.6 Å². The van der Waals surface area contributed by atoms with Crippen LogP contribution in [-0.2, 0) is 17.9 Å². The third kappa shape index (κ3) is 5.83. The molecule has 0 bridgehead atoms. The van der Waals surface area contributed by atoms with E-state index in [4.69, 9.17) is 11.6 Å². The molecule has 3 rings (SSSR count). The number of quaternary nitrogens is 1. The second kappa shape index (κ2) is 10.6. The van der Waals surface area contributed by atoms with E-state index in [-0.39, 0.29) is 5.92 Å². The Hall–Kier alpha value is -1.84. The number of benzene rings is 2. The van der Waals surface area contributed by atoms with Crippen LogP contribution in [0.5, 0.6) is 0 Å². The van der Waals surface area contributed by atoms with Gasteiger partial charge in [0.25, 0.3) is 0 Å². The molecule has 28 heavy (non-hydrogen) atoms. The lowest BCUT2D eigenvalue weighted by Gasteiger charge is -2.32. The Kier molecular flexibility index (Phi) is 7.93. The minimum atomic E-state index is 0.163. The van der Waals surface area contributed by atoms with Crippen LogP contribution in [0, 0.1) is 5.92 Å². The molecule has 0 saturated carbocycles. The maximum atomic E-state index is 13.2. The van der Waals surface area contributed by atoms with E-state index < -0.39 is 0 Å². The molecule has 1 fully saturated rings. The SMILES string of the molecule is CCCCN(Cc1ccccc1)C(=O)C1CC[NH+](Cc2ccccc2Cl)CC1. The normalized spacial score (nSPS) is 19.4. The van der Waals surface area contributed by atoms with E-state index in [0.29, 0.717) is 5.91 Å². The number of rotatable bonds is 8. The molecular formula is C24H32ClN2O+. The van der Waals surface area contributed by atoms with Crippen molar-refractivity contribution in [3.8, 4) is 0 Å². The maximum absolute atomic E-state index is 13.2. The molecule has 3 nitrogen and oxygen atoms in total. The molecule has 1 aliphatic rings. The Morgan fingerprint density at radius 1 is 1.07 bits per heavy atom. The Balaban J connectivity index is 1.56. The van der Waals surface area contributed by atoms with Crippen molar-refractivity contribution in [3.63, 3.8) is 0 Å². The Morgan fingerprint density at radius 2 is 1.75 bits per heavy atom. The molecule has 2 aromatic carbocycles. The van der Waals surface area contributed by atoms with Crippen LogP contribution >= 0.6 is 11.6 Å². The number of unbranched alkanes of at least 4 members (excludes halogenated alkanes) is 1. The molecule has 0 radical (unpaired) electrons. The number of piperidine rings is 1. The van der Waals surface area contributed by atoms with E-state index in [1.165, 1.54) is 16.0 Å². The summed E-state index contributed by atoms with van der Waals surface area (Å²) in [6.45, 7) is 6.79. The van der Waals surface area contributed by atoms with Gasteiger partial charge < -0.3 is 9.80 Å². The fourth-order valence-electron chi connectivity index (χ4n) is 4.04. The van der Waals surface area contributed by atoms with Gasteiger partial charge in [0.2, 0.25) is 5.91 Å². The summed E-state index contributed by atoms with van der Waals surface area (Å²) in [4.78, 5) is 16.8. The molecular weight excluding hydrogens is 368 g/mol. The van der Waals surface area contributed by atoms with Gasteiger partial charge in [0.1, 0.15) is 6.54 Å². The van der Waals surface area contributed by atoms with Gasteiger partial charge in [-0.2, -0.15) is 0 Å². The van der Waals surface area contributed by atoms with E-state index in [1.807, 2.05) is 36.4 Å². The Labute approximate surface area is 174 Å². The Morgan fingerprint density at radius 3 is 2.43 bits per heavy atom. The summed E-state index contributed by atoms with van der Waals surface area (Å²) in [6, 6.07) is 18.4. The minimum absolute atomic E-state index is 0.163. The van der Waals surface area contributed by atoms with Gasteiger partial charge in [-0.1, -0.05) is 73.5 Å². The summed E-state index contributed by atoms with van der Waals surface area (Å²) in [5.74, 6) is 0.504. The molecule has 0 unspecified atom stereocenters. The number of carbonyl (C=O) groups excluding carboxylic acids is 1. The molecule has 150 valence electrons. The highest BCUT2D eigenvalue weighted by Crippen LogP contribution is 2.18. The van der Waals surface area contributed by atoms with Crippen molar-refractivity contribution in [1.82, 2.24) is 4.90 Å². The average molecular weight is 400 g/mol. The molecule has 1 heterocycles. The molecule has 0 aliphatic carbocycles. The number of halogens is 1. The zero-order chi connectivity index (χ0) is 19.8. The third-order valence-corrected chi connectivity index (χ3v) is 6.12. The standard InChI is InChI=1S/C24H31ClN2O/c1-2-3-15-27(18-20-9-5-4-6-10-20)24(28)21-13-16-26(17-14-21)19-22-11-7-8-12-23(22)25/h4-12,21H,2-3,13-19H2,1H3/p+1. The molecule has 4 heteroatoms. The second-order valence-corrected chi connectivity index (χ2v) is 8.30. The predicted molar refractivity (Wildman–Crippen MR) is 115 cm³/mol. The fraction of sp³-hybridized carbons (Fsp3) is 0.458. The van der Waals surface area contributed by atoms with Crippen molar-refractivity contribution in [1.29, 1.82) is 0 Å². The van der Waals surface area contributed by atoms with Crippen LogP contribution in [0.2, 0.25) is 5.02 Å². The van der Waals surface area contributed by atoms with E-state index in [9.17, 15) is 4.79 Å². The lowest BCUT2D eigenvalue weighted by atomic mass is 9.94. The van der Waals surface area contributed by atoms with Crippen LogP contribution in [0.4, 0.5) is 0 Å². The minimum Gasteiger partial charge on any atom is -0.338 e. The van der Waals surface area contributed by atoms with Crippen LogP contribution in [0.15, 0.2) is 54.6 Å². The molecule has 2 aromatic rings. The topological polar surface area (TPSA) is 24.8 Å². The molecule has 0 spiro atoms. The molecule has 1 N–H and O–H groups in total. The van der Waals surface area contributed by atoms with Crippen LogP contribution in [-0.4, -0.2) is 30.4 Å². The first-order valence-corrected chi connectivity index (χ1v) is 10.9. The average Bonchev–Trinajstić information content (AvgIpc) is 2.73. The van der Waals surface area contributed by atoms with Gasteiger partial charge in [0.15, 0.2) is 0 Å². The van der Waals surface area contributed by atoms with Gasteiger partial charge in [-0.3, -0.25) is 4.79 Å². The van der Waals surface area contributed by atoms with E-state index in [1.54, 1.807) is 0 Å². The first-order chi connectivity index (χ1) is 13.7. The van der Waals surface area contributed by atoms with Crippen molar-refractivity contribution in [2.24, 2.45) is 5.92 Å². The zero-order valence-electron chi connectivity index (χ0n) is 16.9. The highest BCUT2D eigenvalue weighted by atomic mass is 35.5. The van der Waals surface area contributed by atoms with Crippen LogP contribution in [0.3, 0.4) is 0 Å². The van der Waals surface area contributed by atoms with Gasteiger partial charge in [0, 0.05) is 42.4 Å². The van der Waals surface area contributed by atoms with E-state index >= 15 is 0 Å². The van der Waals surface area contributed by atoms with E-state index in [0.717, 1.165) is 63.4 Å². The van der Waals surface area contributed by atoms with Crippen molar-refractivity contribution < 1.29 is 9.69 Å². The lowest BCUT2D eigenvalue weighted by Crippen LogP contribution is -3.11. The second-order valence-electron chi connectivity index (χ2n) is 7.89. The quantitative estimate of drug-likeness (QED) is 0.713. The van der Waals surface area contributed by atoms with Crippen molar-refractivity contribution in [2.45, 2.75) is 45.7 Å². The van der Waals surface area contributed by atoms with Crippen molar-refractivity contribution in [3.05, 3.63) is 70.7 Å². The van der Waals surface area contributed by atoms with Crippen molar-refractivity contribution >= 4 is 17.5 Å². The molecule has 0 atom stereocenters. The number of carbonyl (C=O) groups is 1. The van der Waals surface area contributed by atoms with Gasteiger partial charge in [-0.25, -0.2) is 0 Å². The summed E-state index contributed by atoms with van der Waals surface area (Å²) in [7, 11) is 0. The lowest BCUT2D eigenvalue weighted by molar-refractivity contribution is -0.919. The number of likely N-dealkylation sites (tertiary alicyclic amines) is 1. The third-order valence-electron chi connectivity index (χ3n) is 5.75. The number of nitrogens with zero attached hydrogens (tertiary/aromatic N) is 1. The summed E-state index contributed by atoms with van der Waals surface area (Å²) in [6.07, 6.45) is 4.11. The highest BCUT2D eigenvalue weighted by molar-refractivity contribution is 6.31. The number of nitrogens with one attached hydrogen (secondary N) is 1. The molecule has 1 aliphatic heterocycles. The Bertz CT molecular complexity index is 741. The highest BCUT2D eigenvalue weighted by Gasteiger charge is 2.30. The summed E-state index contributed by atoms with van der Waals surface area (Å²) in [5.41, 5.74) is 2.42. The van der Waals surface area contributed by atoms with Crippen LogP contribution in [0.25, 0.3) is 0 Å². The van der Waals surface area contributed by atoms with Gasteiger partial charge in [0.05, 0.1) is 13.1 Å². The summed E-state index contributed by atoms with van der Waals surface area (Å²) >= 11 is 6.32. The van der Waals surface area contributed by atoms with Gasteiger partial charge in [-0.15, -0.1) is 0 Å². The summed E-state index contributed by atoms with van der Waals surface area (Å²) in [5, 5.41) is 0.849. The number of hydrogen-bond acceptors (Lipinski definition) is 1. The number of hydrogen-bond donors (Lipinski definition) is 1. The first kappa shape index (κ1) is 20.9. The van der Waals surface area contributed by atoms with Crippen LogP contribution < -0.4 is 4.90 Å².